The first-order valence-corrected chi connectivity index (χ1v) is 10.7. The van der Waals surface area contributed by atoms with Crippen LogP contribution in [0.4, 0.5) is 11.5 Å². The summed E-state index contributed by atoms with van der Waals surface area (Å²) in [4.78, 5) is 6.75. The van der Waals surface area contributed by atoms with E-state index in [2.05, 4.69) is 26.7 Å². The SMILES string of the molecule is C=CS(=O)(=O)N1CCC(CN(c2cnn(C)c2)c2nccn3nccc23)CC1. The predicted molar refractivity (Wildman–Crippen MR) is 107 cm³/mol. The van der Waals surface area contributed by atoms with E-state index in [9.17, 15) is 8.42 Å². The Morgan fingerprint density at radius 2 is 2.07 bits per heavy atom. The van der Waals surface area contributed by atoms with Crippen LogP contribution in [-0.4, -0.2) is 56.7 Å². The van der Waals surface area contributed by atoms with Crippen molar-refractivity contribution in [2.24, 2.45) is 13.0 Å². The molecule has 0 saturated carbocycles. The monoisotopic (exact) mass is 401 g/mol. The van der Waals surface area contributed by atoms with Crippen molar-refractivity contribution in [3.63, 3.8) is 0 Å². The summed E-state index contributed by atoms with van der Waals surface area (Å²) in [6.45, 7) is 5.15. The molecule has 28 heavy (non-hydrogen) atoms. The zero-order chi connectivity index (χ0) is 19.7. The summed E-state index contributed by atoms with van der Waals surface area (Å²) in [5, 5.41) is 9.63. The van der Waals surface area contributed by atoms with E-state index in [0.717, 1.165) is 41.8 Å². The van der Waals surface area contributed by atoms with E-state index in [4.69, 9.17) is 0 Å². The zero-order valence-electron chi connectivity index (χ0n) is 15.7. The molecule has 10 heteroatoms. The minimum Gasteiger partial charge on any atom is -0.322 e. The van der Waals surface area contributed by atoms with E-state index in [-0.39, 0.29) is 0 Å². The Kier molecular flexibility index (Phi) is 4.90. The lowest BCUT2D eigenvalue weighted by Gasteiger charge is -2.33. The molecule has 4 rings (SSSR count). The van der Waals surface area contributed by atoms with Crippen molar-refractivity contribution >= 4 is 27.0 Å². The molecule has 0 aromatic carbocycles. The lowest BCUT2D eigenvalue weighted by Crippen LogP contribution is -2.40. The molecule has 0 radical (unpaired) electrons. The Hall–Kier alpha value is -2.72. The van der Waals surface area contributed by atoms with Crippen molar-refractivity contribution in [1.29, 1.82) is 0 Å². The van der Waals surface area contributed by atoms with Gasteiger partial charge in [0.05, 0.1) is 18.1 Å². The van der Waals surface area contributed by atoms with Crippen molar-refractivity contribution in [3.8, 4) is 0 Å². The summed E-state index contributed by atoms with van der Waals surface area (Å²) in [5.74, 6) is 1.15. The largest absolute Gasteiger partial charge is 0.322 e. The molecule has 1 saturated heterocycles. The van der Waals surface area contributed by atoms with Crippen molar-refractivity contribution in [2.75, 3.05) is 24.5 Å². The Morgan fingerprint density at radius 1 is 1.29 bits per heavy atom. The molecule has 1 aliphatic rings. The summed E-state index contributed by atoms with van der Waals surface area (Å²) < 4.78 is 29.1. The van der Waals surface area contributed by atoms with E-state index in [1.807, 2.05) is 31.7 Å². The van der Waals surface area contributed by atoms with Crippen LogP contribution in [-0.2, 0) is 17.1 Å². The van der Waals surface area contributed by atoms with Gasteiger partial charge in [0.15, 0.2) is 5.82 Å². The van der Waals surface area contributed by atoms with Crippen LogP contribution in [0.15, 0.2) is 49.0 Å². The van der Waals surface area contributed by atoms with Crippen LogP contribution in [0.25, 0.3) is 5.52 Å². The maximum Gasteiger partial charge on any atom is 0.235 e. The number of hydrogen-bond donors (Lipinski definition) is 0. The molecule has 148 valence electrons. The van der Waals surface area contributed by atoms with Crippen molar-refractivity contribution in [3.05, 3.63) is 49.0 Å². The molecule has 0 spiro atoms. The number of anilines is 2. The summed E-state index contributed by atoms with van der Waals surface area (Å²) in [7, 11) is -1.47. The third kappa shape index (κ3) is 3.52. The predicted octanol–water partition coefficient (Wildman–Crippen LogP) is 1.79. The first-order chi connectivity index (χ1) is 13.5. The normalized spacial score (nSPS) is 16.5. The number of aromatic nitrogens is 5. The van der Waals surface area contributed by atoms with Gasteiger partial charge in [-0.05, 0) is 24.8 Å². The fourth-order valence-corrected chi connectivity index (χ4v) is 4.55. The quantitative estimate of drug-likeness (QED) is 0.626. The molecule has 3 aromatic heterocycles. The van der Waals surface area contributed by atoms with E-state index in [0.29, 0.717) is 19.0 Å². The molecule has 4 heterocycles. The van der Waals surface area contributed by atoms with Crippen LogP contribution < -0.4 is 4.90 Å². The Bertz CT molecular complexity index is 1080. The molecular weight excluding hydrogens is 378 g/mol. The summed E-state index contributed by atoms with van der Waals surface area (Å²) in [6.07, 6.45) is 10.6. The third-order valence-corrected chi connectivity index (χ3v) is 6.65. The zero-order valence-corrected chi connectivity index (χ0v) is 16.5. The minimum absolute atomic E-state index is 0.335. The van der Waals surface area contributed by atoms with Gasteiger partial charge >= 0.3 is 0 Å². The smallest absolute Gasteiger partial charge is 0.235 e. The number of hydrogen-bond acceptors (Lipinski definition) is 6. The van der Waals surface area contributed by atoms with Crippen LogP contribution in [0.3, 0.4) is 0 Å². The average molecular weight is 401 g/mol. The first kappa shape index (κ1) is 18.6. The van der Waals surface area contributed by atoms with E-state index >= 15 is 0 Å². The molecule has 0 amide bonds. The molecule has 0 atom stereocenters. The van der Waals surface area contributed by atoms with Crippen molar-refractivity contribution in [1.82, 2.24) is 28.7 Å². The number of sulfonamides is 1. The lowest BCUT2D eigenvalue weighted by molar-refractivity contribution is 0.280. The Morgan fingerprint density at radius 3 is 2.75 bits per heavy atom. The van der Waals surface area contributed by atoms with Crippen molar-refractivity contribution < 1.29 is 8.42 Å². The summed E-state index contributed by atoms with van der Waals surface area (Å²) in [5.41, 5.74) is 1.86. The molecule has 3 aromatic rings. The van der Waals surface area contributed by atoms with Crippen LogP contribution in [0.1, 0.15) is 12.8 Å². The highest BCUT2D eigenvalue weighted by atomic mass is 32.2. The van der Waals surface area contributed by atoms with Crippen LogP contribution in [0, 0.1) is 5.92 Å². The maximum absolute atomic E-state index is 12.0. The fraction of sp³-hybridized carbons (Fsp3) is 0.389. The first-order valence-electron chi connectivity index (χ1n) is 9.15. The number of nitrogens with zero attached hydrogens (tertiary/aromatic N) is 7. The molecule has 1 fully saturated rings. The maximum atomic E-state index is 12.0. The van der Waals surface area contributed by atoms with Crippen LogP contribution in [0.2, 0.25) is 0 Å². The van der Waals surface area contributed by atoms with Gasteiger partial charge < -0.3 is 4.90 Å². The Labute approximate surface area is 163 Å². The molecule has 0 N–H and O–H groups in total. The highest BCUT2D eigenvalue weighted by molar-refractivity contribution is 7.92. The molecule has 0 aliphatic carbocycles. The Balaban J connectivity index is 1.60. The van der Waals surface area contributed by atoms with Gasteiger partial charge in [0.2, 0.25) is 10.0 Å². The standard InChI is InChI=1S/C18H23N7O2S/c1-3-28(26,27)23-9-5-15(6-10-23)13-24(16-12-21-22(2)14-16)18-17-4-7-20-25(17)11-8-19-18/h3-4,7-8,11-12,14-15H,1,5-6,9-10,13H2,2H3. The van der Waals surface area contributed by atoms with Crippen molar-refractivity contribution in [2.45, 2.75) is 12.8 Å². The molecule has 9 nitrogen and oxygen atoms in total. The highest BCUT2D eigenvalue weighted by Gasteiger charge is 2.28. The molecular formula is C18H23N7O2S. The number of aryl methyl sites for hydroxylation is 1. The van der Waals surface area contributed by atoms with Gasteiger partial charge in [-0.2, -0.15) is 14.5 Å². The number of fused-ring (bicyclic) bond motifs is 1. The topological polar surface area (TPSA) is 88.6 Å². The summed E-state index contributed by atoms with van der Waals surface area (Å²) >= 11 is 0. The number of rotatable bonds is 6. The fourth-order valence-electron chi connectivity index (χ4n) is 3.62. The van der Waals surface area contributed by atoms with E-state index in [1.54, 1.807) is 21.6 Å². The lowest BCUT2D eigenvalue weighted by atomic mass is 9.97. The van der Waals surface area contributed by atoms with E-state index < -0.39 is 10.0 Å². The second kappa shape index (κ2) is 7.36. The summed E-state index contributed by atoms with van der Waals surface area (Å²) in [6, 6.07) is 1.94. The second-order valence-electron chi connectivity index (χ2n) is 6.95. The van der Waals surface area contributed by atoms with Gasteiger partial charge in [0.25, 0.3) is 0 Å². The average Bonchev–Trinajstić information content (AvgIpc) is 3.35. The highest BCUT2D eigenvalue weighted by Crippen LogP contribution is 2.30. The van der Waals surface area contributed by atoms with Gasteiger partial charge in [0.1, 0.15) is 5.52 Å². The molecule has 0 unspecified atom stereocenters. The van der Waals surface area contributed by atoms with Crippen LogP contribution in [0.5, 0.6) is 0 Å². The second-order valence-corrected chi connectivity index (χ2v) is 8.83. The van der Waals surface area contributed by atoms with Gasteiger partial charge in [-0.15, -0.1) is 0 Å². The van der Waals surface area contributed by atoms with Gasteiger partial charge in [-0.25, -0.2) is 17.9 Å². The van der Waals surface area contributed by atoms with E-state index in [1.165, 1.54) is 4.31 Å². The van der Waals surface area contributed by atoms with Gasteiger partial charge in [0, 0.05) is 50.7 Å². The van der Waals surface area contributed by atoms with Gasteiger partial charge in [-0.1, -0.05) is 6.58 Å². The molecule has 0 bridgehead atoms. The molecule has 1 aliphatic heterocycles. The third-order valence-electron chi connectivity index (χ3n) is 5.15. The van der Waals surface area contributed by atoms with Gasteiger partial charge in [-0.3, -0.25) is 4.68 Å². The number of piperidine rings is 1. The minimum atomic E-state index is -3.35. The van der Waals surface area contributed by atoms with Crippen LogP contribution >= 0.6 is 0 Å².